The molecule has 3 aromatic carbocycles. The van der Waals surface area contributed by atoms with Crippen molar-refractivity contribution in [3.05, 3.63) is 77.3 Å². The number of aromatic nitrogens is 2. The molecule has 0 unspecified atom stereocenters. The normalized spacial score (nSPS) is 10.8. The maximum atomic E-state index is 12.5. The lowest BCUT2D eigenvalue weighted by Crippen LogP contribution is -3.11. The van der Waals surface area contributed by atoms with E-state index in [9.17, 15) is 4.79 Å². The number of hydrogen-bond acceptors (Lipinski definition) is 5. The lowest BCUT2D eigenvalue weighted by molar-refractivity contribution is -0.896. The Labute approximate surface area is 240 Å². The summed E-state index contributed by atoms with van der Waals surface area (Å²) in [6, 6.07) is 20.1. The molecule has 0 aliphatic rings. The smallest absolute Gasteiger partial charge is 0.417 e. The molecule has 0 aliphatic carbocycles. The van der Waals surface area contributed by atoms with Gasteiger partial charge >= 0.3 is 6.09 Å². The molecule has 2 N–H and O–H groups in total. The number of nitrogens with zero attached hydrogens (tertiary/aromatic N) is 2. The number of carbonyl (C=O) groups is 1. The van der Waals surface area contributed by atoms with E-state index >= 15 is 0 Å². The molecule has 8 nitrogen and oxygen atoms in total. The molecular weight excluding hydrogens is 539 g/mol. The van der Waals surface area contributed by atoms with Crippen molar-refractivity contribution in [1.82, 2.24) is 9.78 Å². The summed E-state index contributed by atoms with van der Waals surface area (Å²) < 4.78 is 18.6. The first-order valence-electron chi connectivity index (χ1n) is 12.8. The summed E-state index contributed by atoms with van der Waals surface area (Å²) >= 11 is 6.06. The summed E-state index contributed by atoms with van der Waals surface area (Å²) in [6.45, 7) is 8.74. The largest absolute Gasteiger partial charge is 1.00 e. The van der Waals surface area contributed by atoms with Crippen LogP contribution in [0.1, 0.15) is 25.8 Å². The van der Waals surface area contributed by atoms with Crippen molar-refractivity contribution in [2.45, 2.75) is 26.8 Å². The number of nitrogens with one attached hydrogen (secondary N) is 2. The first-order chi connectivity index (χ1) is 18.5. The van der Waals surface area contributed by atoms with Crippen LogP contribution < -0.4 is 36.8 Å². The summed E-state index contributed by atoms with van der Waals surface area (Å²) in [4.78, 5) is 14.1. The molecule has 10 heteroatoms. The Bertz CT molecular complexity index is 1340. The number of halogens is 2. The van der Waals surface area contributed by atoms with Crippen molar-refractivity contribution in [3.8, 4) is 17.4 Å². The van der Waals surface area contributed by atoms with Crippen LogP contribution in [-0.4, -0.2) is 49.2 Å². The summed E-state index contributed by atoms with van der Waals surface area (Å²) in [6.07, 6.45) is 0.335. The monoisotopic (exact) mass is 572 g/mol. The van der Waals surface area contributed by atoms with Crippen molar-refractivity contribution >= 4 is 34.3 Å². The summed E-state index contributed by atoms with van der Waals surface area (Å²) in [7, 11) is 1.58. The van der Waals surface area contributed by atoms with Gasteiger partial charge in [-0.1, -0.05) is 23.7 Å². The fourth-order valence-corrected chi connectivity index (χ4v) is 4.33. The minimum atomic E-state index is -0.590. The highest BCUT2D eigenvalue weighted by Crippen LogP contribution is 2.29. The van der Waals surface area contributed by atoms with Crippen LogP contribution in [0.2, 0.25) is 5.02 Å². The van der Waals surface area contributed by atoms with Crippen LogP contribution in [0.4, 0.5) is 10.5 Å². The minimum absolute atomic E-state index is 0. The maximum Gasteiger partial charge on any atom is 0.417 e. The molecule has 0 bridgehead atoms. The molecule has 39 heavy (non-hydrogen) atoms. The van der Waals surface area contributed by atoms with E-state index in [2.05, 4.69) is 19.2 Å². The highest BCUT2D eigenvalue weighted by molar-refractivity contribution is 6.30. The standard InChI is InChI=1S/C29H33ClN4O4.ClH/c1-4-33(5-2)17-6-18-37-28-26-19-23(31-29(35)38-25-14-12-24(36-3)13-15-25)11-16-27(26)34(32-28)20-21-7-9-22(30)10-8-21;/h7-16,19H,4-6,17-18,20H2,1-3H3,(H,31,35);1H. The van der Waals surface area contributed by atoms with Crippen LogP contribution in [0.25, 0.3) is 10.9 Å². The zero-order chi connectivity index (χ0) is 26.9. The first-order valence-corrected chi connectivity index (χ1v) is 13.2. The Balaban J connectivity index is 0.00000420. The summed E-state index contributed by atoms with van der Waals surface area (Å²) in [5.74, 6) is 1.64. The van der Waals surface area contributed by atoms with Gasteiger partial charge < -0.3 is 31.5 Å². The van der Waals surface area contributed by atoms with Gasteiger partial charge in [0.15, 0.2) is 0 Å². The fourth-order valence-electron chi connectivity index (χ4n) is 4.21. The molecule has 0 fully saturated rings. The van der Waals surface area contributed by atoms with E-state index in [4.69, 9.17) is 30.9 Å². The molecule has 1 aromatic heterocycles. The summed E-state index contributed by atoms with van der Waals surface area (Å²) in [5, 5.41) is 9.07. The minimum Gasteiger partial charge on any atom is -1.00 e. The average Bonchev–Trinajstić information content (AvgIpc) is 3.26. The number of quaternary nitrogens is 1. The van der Waals surface area contributed by atoms with Crippen LogP contribution in [0.3, 0.4) is 0 Å². The SMILES string of the molecule is CC[NH+](CC)CCCOc1nn(Cc2ccc(Cl)cc2)c2ccc(NC(=O)Oc3ccc(OC)cc3)cc12.[Cl-]. The number of anilines is 1. The van der Waals surface area contributed by atoms with Crippen LogP contribution in [0.15, 0.2) is 66.7 Å². The Morgan fingerprint density at radius 3 is 2.36 bits per heavy atom. The molecule has 0 saturated carbocycles. The summed E-state index contributed by atoms with van der Waals surface area (Å²) in [5.41, 5.74) is 2.55. The lowest BCUT2D eigenvalue weighted by Gasteiger charge is -2.14. The quantitative estimate of drug-likeness (QED) is 0.254. The third kappa shape index (κ3) is 8.26. The van der Waals surface area contributed by atoms with Gasteiger partial charge in [0.05, 0.1) is 50.8 Å². The van der Waals surface area contributed by atoms with Crippen LogP contribution in [0.5, 0.6) is 17.4 Å². The number of carbonyl (C=O) groups excluding carboxylic acids is 1. The van der Waals surface area contributed by atoms with Gasteiger partial charge in [0.2, 0.25) is 5.88 Å². The average molecular weight is 574 g/mol. The predicted octanol–water partition coefficient (Wildman–Crippen LogP) is 2.06. The molecule has 0 spiro atoms. The molecule has 1 amide bonds. The zero-order valence-electron chi connectivity index (χ0n) is 22.4. The van der Waals surface area contributed by atoms with E-state index in [0.29, 0.717) is 41.2 Å². The topological polar surface area (TPSA) is 79.1 Å². The molecule has 0 aliphatic heterocycles. The van der Waals surface area contributed by atoms with Crippen molar-refractivity contribution in [2.75, 3.05) is 38.7 Å². The van der Waals surface area contributed by atoms with Gasteiger partial charge in [-0.25, -0.2) is 4.79 Å². The van der Waals surface area contributed by atoms with Gasteiger partial charge in [-0.05, 0) is 74.0 Å². The van der Waals surface area contributed by atoms with Gasteiger partial charge in [0.1, 0.15) is 11.5 Å². The highest BCUT2D eigenvalue weighted by atomic mass is 35.5. The molecule has 208 valence electrons. The second kappa shape index (κ2) is 14.6. The number of fused-ring (bicyclic) bond motifs is 1. The third-order valence-electron chi connectivity index (χ3n) is 6.39. The first kappa shape index (κ1) is 30.1. The second-order valence-corrected chi connectivity index (χ2v) is 9.36. The van der Waals surface area contributed by atoms with Gasteiger partial charge in [-0.2, -0.15) is 0 Å². The number of methoxy groups -OCH3 is 1. The van der Waals surface area contributed by atoms with E-state index in [0.717, 1.165) is 42.5 Å². The number of ether oxygens (including phenoxy) is 3. The molecule has 1 heterocycles. The third-order valence-corrected chi connectivity index (χ3v) is 6.64. The van der Waals surface area contributed by atoms with Crippen molar-refractivity contribution in [2.24, 2.45) is 0 Å². The number of benzene rings is 3. The molecule has 0 saturated heterocycles. The van der Waals surface area contributed by atoms with E-state index in [1.807, 2.05) is 47.1 Å². The Morgan fingerprint density at radius 2 is 1.69 bits per heavy atom. The van der Waals surface area contributed by atoms with Crippen molar-refractivity contribution < 1.29 is 36.3 Å². The van der Waals surface area contributed by atoms with Crippen molar-refractivity contribution in [1.29, 1.82) is 0 Å². The zero-order valence-corrected chi connectivity index (χ0v) is 23.9. The van der Waals surface area contributed by atoms with E-state index in [1.54, 1.807) is 31.4 Å². The second-order valence-electron chi connectivity index (χ2n) is 8.92. The number of amides is 1. The van der Waals surface area contributed by atoms with Crippen molar-refractivity contribution in [3.63, 3.8) is 0 Å². The van der Waals surface area contributed by atoms with Crippen LogP contribution in [0, 0.1) is 0 Å². The van der Waals surface area contributed by atoms with Crippen LogP contribution >= 0.6 is 11.6 Å². The molecule has 0 atom stereocenters. The molecule has 0 radical (unpaired) electrons. The Morgan fingerprint density at radius 1 is 1.00 bits per heavy atom. The van der Waals surface area contributed by atoms with Gasteiger partial charge in [-0.15, -0.1) is 5.10 Å². The Hall–Kier alpha value is -3.46. The fraction of sp³-hybridized carbons (Fsp3) is 0.310. The van der Waals surface area contributed by atoms with Gasteiger partial charge in [0, 0.05) is 17.1 Å². The lowest BCUT2D eigenvalue weighted by atomic mass is 10.2. The van der Waals surface area contributed by atoms with E-state index < -0.39 is 6.09 Å². The number of hydrogen-bond donors (Lipinski definition) is 2. The molecule has 4 rings (SSSR count). The number of rotatable bonds is 12. The van der Waals surface area contributed by atoms with E-state index in [1.165, 1.54) is 4.90 Å². The van der Waals surface area contributed by atoms with Gasteiger partial charge in [0.25, 0.3) is 0 Å². The molecule has 4 aromatic rings. The van der Waals surface area contributed by atoms with Gasteiger partial charge in [-0.3, -0.25) is 10.00 Å². The predicted molar refractivity (Wildman–Crippen MR) is 150 cm³/mol. The van der Waals surface area contributed by atoms with E-state index in [-0.39, 0.29) is 12.4 Å². The van der Waals surface area contributed by atoms with Crippen LogP contribution in [-0.2, 0) is 6.54 Å². The molecular formula is C29H34Cl2N4O4. The Kier molecular flexibility index (Phi) is 11.3. The maximum absolute atomic E-state index is 12.5. The highest BCUT2D eigenvalue weighted by Gasteiger charge is 2.15.